The van der Waals surface area contributed by atoms with Crippen molar-refractivity contribution >= 4 is 23.6 Å². The Morgan fingerprint density at radius 3 is 2.52 bits per heavy atom. The third kappa shape index (κ3) is 5.09. The summed E-state index contributed by atoms with van der Waals surface area (Å²) in [6, 6.07) is 19.4. The number of nitrogens with zero attached hydrogens (tertiary/aromatic N) is 3. The van der Waals surface area contributed by atoms with Gasteiger partial charge in [0.2, 0.25) is 11.8 Å². The van der Waals surface area contributed by atoms with Gasteiger partial charge in [-0.3, -0.25) is 9.59 Å². The number of hydrogen-bond acceptors (Lipinski definition) is 3. The van der Waals surface area contributed by atoms with Gasteiger partial charge in [-0.2, -0.15) is 5.10 Å². The second kappa shape index (κ2) is 9.43. The molecule has 31 heavy (non-hydrogen) atoms. The molecule has 2 aromatic carbocycles. The van der Waals surface area contributed by atoms with E-state index in [0.717, 1.165) is 22.6 Å². The molecule has 3 aromatic rings. The molecule has 158 valence electrons. The van der Waals surface area contributed by atoms with E-state index in [1.54, 1.807) is 12.3 Å². The molecule has 4 rings (SSSR count). The maximum atomic E-state index is 12.8. The molecule has 1 fully saturated rings. The minimum atomic E-state index is -0.0998. The summed E-state index contributed by atoms with van der Waals surface area (Å²) in [6.45, 7) is 3.16. The summed E-state index contributed by atoms with van der Waals surface area (Å²) in [5, 5.41) is 7.34. The van der Waals surface area contributed by atoms with Crippen LogP contribution < -0.4 is 5.32 Å². The zero-order valence-corrected chi connectivity index (χ0v) is 17.6. The Hall–Kier alpha value is -3.67. The highest BCUT2D eigenvalue weighted by Crippen LogP contribution is 2.21. The predicted molar refractivity (Wildman–Crippen MR) is 122 cm³/mol. The van der Waals surface area contributed by atoms with E-state index in [2.05, 4.69) is 10.4 Å². The maximum Gasteiger partial charge on any atom is 0.246 e. The van der Waals surface area contributed by atoms with Gasteiger partial charge in [0.05, 0.1) is 5.69 Å². The Kier molecular flexibility index (Phi) is 6.26. The molecule has 6 heteroatoms. The number of likely N-dealkylation sites (tertiary alicyclic amines) is 1. The smallest absolute Gasteiger partial charge is 0.246 e. The van der Waals surface area contributed by atoms with E-state index in [-0.39, 0.29) is 17.7 Å². The highest BCUT2D eigenvalue weighted by Gasteiger charge is 2.26. The van der Waals surface area contributed by atoms with E-state index in [1.165, 1.54) is 0 Å². The largest absolute Gasteiger partial charge is 0.339 e. The fraction of sp³-hybridized carbons (Fsp3) is 0.240. The van der Waals surface area contributed by atoms with E-state index < -0.39 is 0 Å². The molecule has 0 atom stereocenters. The van der Waals surface area contributed by atoms with Crippen molar-refractivity contribution in [2.75, 3.05) is 18.4 Å². The molecule has 0 unspecified atom stereocenters. The lowest BCUT2D eigenvalue weighted by Gasteiger charge is -2.30. The molecule has 1 aliphatic rings. The SMILES string of the molecule is Cc1ccnn1-c1cccc(NC(=O)C2CCN(C(=O)/C=C/c3ccccc3)CC2)c1. The number of hydrogen-bond donors (Lipinski definition) is 1. The van der Waals surface area contributed by atoms with Crippen LogP contribution in [0.1, 0.15) is 24.1 Å². The van der Waals surface area contributed by atoms with Crippen LogP contribution in [0.4, 0.5) is 5.69 Å². The van der Waals surface area contributed by atoms with E-state index in [9.17, 15) is 9.59 Å². The van der Waals surface area contributed by atoms with E-state index in [0.29, 0.717) is 25.9 Å². The van der Waals surface area contributed by atoms with Gasteiger partial charge in [-0.1, -0.05) is 36.4 Å². The number of aromatic nitrogens is 2. The lowest BCUT2D eigenvalue weighted by atomic mass is 9.95. The minimum Gasteiger partial charge on any atom is -0.339 e. The van der Waals surface area contributed by atoms with Gasteiger partial charge < -0.3 is 10.2 Å². The number of nitrogens with one attached hydrogen (secondary N) is 1. The van der Waals surface area contributed by atoms with E-state index in [4.69, 9.17) is 0 Å². The van der Waals surface area contributed by atoms with Crippen LogP contribution in [-0.4, -0.2) is 39.6 Å². The fourth-order valence-corrected chi connectivity index (χ4v) is 3.80. The summed E-state index contributed by atoms with van der Waals surface area (Å²) < 4.78 is 1.84. The van der Waals surface area contributed by atoms with Crippen molar-refractivity contribution in [3.05, 3.63) is 84.2 Å². The van der Waals surface area contributed by atoms with Crippen molar-refractivity contribution in [3.8, 4) is 5.69 Å². The molecule has 1 N–H and O–H groups in total. The van der Waals surface area contributed by atoms with Crippen LogP contribution in [0, 0.1) is 12.8 Å². The topological polar surface area (TPSA) is 67.2 Å². The van der Waals surface area contributed by atoms with Crippen molar-refractivity contribution in [2.45, 2.75) is 19.8 Å². The summed E-state index contributed by atoms with van der Waals surface area (Å²) in [4.78, 5) is 27.0. The first-order chi connectivity index (χ1) is 15.1. The molecule has 0 aliphatic carbocycles. The number of aryl methyl sites for hydroxylation is 1. The standard InChI is InChI=1S/C25H26N4O2/c1-19-12-15-26-29(19)23-9-5-8-22(18-23)27-25(31)21-13-16-28(17-14-21)24(30)11-10-20-6-3-2-4-7-20/h2-12,15,18,21H,13-14,16-17H2,1H3,(H,27,31)/b11-10+. The summed E-state index contributed by atoms with van der Waals surface area (Å²) in [6.07, 6.45) is 6.52. The quantitative estimate of drug-likeness (QED) is 0.640. The molecule has 6 nitrogen and oxygen atoms in total. The van der Waals surface area contributed by atoms with Crippen LogP contribution in [-0.2, 0) is 9.59 Å². The van der Waals surface area contributed by atoms with Crippen LogP contribution in [0.5, 0.6) is 0 Å². The molecule has 1 saturated heterocycles. The van der Waals surface area contributed by atoms with E-state index >= 15 is 0 Å². The Bertz CT molecular complexity index is 1080. The third-order valence-corrected chi connectivity index (χ3v) is 5.59. The maximum absolute atomic E-state index is 12.8. The first kappa shape index (κ1) is 20.6. The molecular formula is C25H26N4O2. The van der Waals surface area contributed by atoms with Crippen molar-refractivity contribution < 1.29 is 9.59 Å². The summed E-state index contributed by atoms with van der Waals surface area (Å²) in [5.74, 6) is -0.108. The van der Waals surface area contributed by atoms with Crippen LogP contribution >= 0.6 is 0 Å². The molecule has 2 amide bonds. The van der Waals surface area contributed by atoms with Gasteiger partial charge in [-0.05, 0) is 55.7 Å². The van der Waals surface area contributed by atoms with Crippen LogP contribution in [0.15, 0.2) is 72.9 Å². The number of rotatable bonds is 5. The van der Waals surface area contributed by atoms with Crippen molar-refractivity contribution in [1.29, 1.82) is 0 Å². The molecule has 2 heterocycles. The number of amides is 2. The molecule has 0 spiro atoms. The number of carbonyl (C=O) groups excluding carboxylic acids is 2. The number of piperidine rings is 1. The number of benzene rings is 2. The van der Waals surface area contributed by atoms with Gasteiger partial charge in [0.1, 0.15) is 0 Å². The molecular weight excluding hydrogens is 388 g/mol. The average Bonchev–Trinajstić information content (AvgIpc) is 3.24. The van der Waals surface area contributed by atoms with Gasteiger partial charge in [0.25, 0.3) is 0 Å². The van der Waals surface area contributed by atoms with Crippen molar-refractivity contribution in [1.82, 2.24) is 14.7 Å². The fourth-order valence-electron chi connectivity index (χ4n) is 3.80. The zero-order valence-electron chi connectivity index (χ0n) is 17.6. The molecule has 1 aliphatic heterocycles. The van der Waals surface area contributed by atoms with Crippen molar-refractivity contribution in [3.63, 3.8) is 0 Å². The Balaban J connectivity index is 1.31. The Morgan fingerprint density at radius 1 is 1.03 bits per heavy atom. The summed E-state index contributed by atoms with van der Waals surface area (Å²) in [7, 11) is 0. The number of carbonyl (C=O) groups is 2. The lowest BCUT2D eigenvalue weighted by molar-refractivity contribution is -0.130. The van der Waals surface area contributed by atoms with E-state index in [1.807, 2.05) is 83.2 Å². The van der Waals surface area contributed by atoms with Crippen molar-refractivity contribution in [2.24, 2.45) is 5.92 Å². The second-order valence-corrected chi connectivity index (χ2v) is 7.77. The van der Waals surface area contributed by atoms with Gasteiger partial charge in [-0.25, -0.2) is 4.68 Å². The zero-order chi connectivity index (χ0) is 21.6. The first-order valence-corrected chi connectivity index (χ1v) is 10.5. The monoisotopic (exact) mass is 414 g/mol. The summed E-state index contributed by atoms with van der Waals surface area (Å²) >= 11 is 0. The van der Waals surface area contributed by atoms with Gasteiger partial charge >= 0.3 is 0 Å². The molecule has 0 saturated carbocycles. The highest BCUT2D eigenvalue weighted by molar-refractivity contribution is 5.94. The summed E-state index contributed by atoms with van der Waals surface area (Å²) in [5.41, 5.74) is 3.69. The second-order valence-electron chi connectivity index (χ2n) is 7.77. The van der Waals surface area contributed by atoms with Crippen LogP contribution in [0.2, 0.25) is 0 Å². The van der Waals surface area contributed by atoms with Gasteiger partial charge in [0.15, 0.2) is 0 Å². The van der Waals surface area contributed by atoms with Crippen LogP contribution in [0.3, 0.4) is 0 Å². The molecule has 0 radical (unpaired) electrons. The predicted octanol–water partition coefficient (Wildman–Crippen LogP) is 4.07. The molecule has 0 bridgehead atoms. The lowest BCUT2D eigenvalue weighted by Crippen LogP contribution is -2.40. The third-order valence-electron chi connectivity index (χ3n) is 5.59. The molecule has 1 aromatic heterocycles. The highest BCUT2D eigenvalue weighted by atomic mass is 16.2. The Labute approximate surface area is 182 Å². The average molecular weight is 415 g/mol. The van der Waals surface area contributed by atoms with Gasteiger partial charge in [0, 0.05) is 42.7 Å². The number of anilines is 1. The minimum absolute atomic E-state index is 0.00117. The Morgan fingerprint density at radius 2 is 1.81 bits per heavy atom. The van der Waals surface area contributed by atoms with Gasteiger partial charge in [-0.15, -0.1) is 0 Å². The normalized spacial score (nSPS) is 14.7. The van der Waals surface area contributed by atoms with Crippen LogP contribution in [0.25, 0.3) is 11.8 Å². The first-order valence-electron chi connectivity index (χ1n) is 10.5.